The van der Waals surface area contributed by atoms with Crippen LogP contribution in [-0.2, 0) is 6.54 Å². The van der Waals surface area contributed by atoms with Crippen molar-refractivity contribution in [1.82, 2.24) is 19.8 Å². The average molecular weight is 381 g/mol. The number of hydrogen-bond donors (Lipinski definition) is 0. The summed E-state index contributed by atoms with van der Waals surface area (Å²) in [6, 6.07) is 5.44. The highest BCUT2D eigenvalue weighted by atomic mass is 79.9. The number of aromatic nitrogens is 2. The normalized spacial score (nSPS) is 16.5. The number of carbonyl (C=O) groups is 1. The fraction of sp³-hybridized carbons (Fsp3) is 0.400. The van der Waals surface area contributed by atoms with E-state index in [4.69, 9.17) is 0 Å². The molecule has 0 saturated carbocycles. The van der Waals surface area contributed by atoms with Crippen molar-refractivity contribution in [2.24, 2.45) is 0 Å². The van der Waals surface area contributed by atoms with Crippen LogP contribution >= 0.6 is 27.3 Å². The molecule has 22 heavy (non-hydrogen) atoms. The van der Waals surface area contributed by atoms with Gasteiger partial charge in [0.15, 0.2) is 0 Å². The standard InChI is InChI=1S/C15H17BrN4OS/c16-13-4-1-3-12(18-13)15(21)20-7-2-6-19(8-9-20)11-14-17-5-10-22-14/h1,3-5,10H,2,6-9,11H2. The van der Waals surface area contributed by atoms with Crippen molar-refractivity contribution < 1.29 is 4.79 Å². The number of rotatable bonds is 3. The summed E-state index contributed by atoms with van der Waals surface area (Å²) in [5.41, 5.74) is 0.503. The number of thiazole rings is 1. The molecule has 0 atom stereocenters. The Kier molecular flexibility index (Phi) is 5.17. The zero-order valence-corrected chi connectivity index (χ0v) is 14.5. The van der Waals surface area contributed by atoms with Crippen LogP contribution in [0, 0.1) is 0 Å². The highest BCUT2D eigenvalue weighted by Crippen LogP contribution is 2.13. The lowest BCUT2D eigenvalue weighted by atomic mass is 10.3. The van der Waals surface area contributed by atoms with Crippen LogP contribution in [0.5, 0.6) is 0 Å². The molecule has 0 bridgehead atoms. The zero-order valence-electron chi connectivity index (χ0n) is 12.1. The molecule has 0 aliphatic carbocycles. The first-order valence-corrected chi connectivity index (χ1v) is 8.92. The van der Waals surface area contributed by atoms with Crippen molar-refractivity contribution in [1.29, 1.82) is 0 Å². The Bertz CT molecular complexity index is 634. The lowest BCUT2D eigenvalue weighted by Crippen LogP contribution is -2.35. The number of halogens is 1. The predicted molar refractivity (Wildman–Crippen MR) is 89.8 cm³/mol. The van der Waals surface area contributed by atoms with Gasteiger partial charge in [0.2, 0.25) is 0 Å². The van der Waals surface area contributed by atoms with Gasteiger partial charge in [-0.25, -0.2) is 9.97 Å². The van der Waals surface area contributed by atoms with Gasteiger partial charge < -0.3 is 4.90 Å². The molecule has 3 rings (SSSR count). The maximum absolute atomic E-state index is 12.5. The second-order valence-corrected chi connectivity index (χ2v) is 6.98. The van der Waals surface area contributed by atoms with Crippen LogP contribution in [0.25, 0.3) is 0 Å². The number of amides is 1. The molecule has 1 saturated heterocycles. The molecule has 0 N–H and O–H groups in total. The summed E-state index contributed by atoms with van der Waals surface area (Å²) in [6.45, 7) is 4.25. The van der Waals surface area contributed by atoms with Crippen LogP contribution in [0.15, 0.2) is 34.4 Å². The summed E-state index contributed by atoms with van der Waals surface area (Å²) in [7, 11) is 0. The molecule has 1 amide bonds. The number of carbonyl (C=O) groups excluding carboxylic acids is 1. The fourth-order valence-electron chi connectivity index (χ4n) is 2.54. The Labute approximate surface area is 142 Å². The lowest BCUT2D eigenvalue weighted by Gasteiger charge is -2.21. The third kappa shape index (κ3) is 3.91. The van der Waals surface area contributed by atoms with Crippen LogP contribution in [0.1, 0.15) is 21.9 Å². The molecular weight excluding hydrogens is 364 g/mol. The Hall–Kier alpha value is -1.31. The van der Waals surface area contributed by atoms with Crippen molar-refractivity contribution in [3.63, 3.8) is 0 Å². The van der Waals surface area contributed by atoms with E-state index >= 15 is 0 Å². The Morgan fingerprint density at radius 3 is 2.95 bits per heavy atom. The summed E-state index contributed by atoms with van der Waals surface area (Å²) >= 11 is 5.00. The molecule has 0 unspecified atom stereocenters. The van der Waals surface area contributed by atoms with Crippen LogP contribution in [0.2, 0.25) is 0 Å². The van der Waals surface area contributed by atoms with Gasteiger partial charge in [-0.1, -0.05) is 6.07 Å². The third-order valence-corrected chi connectivity index (χ3v) is 4.86. The van der Waals surface area contributed by atoms with Gasteiger partial charge in [0, 0.05) is 37.8 Å². The zero-order chi connectivity index (χ0) is 15.4. The summed E-state index contributed by atoms with van der Waals surface area (Å²) in [5.74, 6) is 0.0115. The van der Waals surface area contributed by atoms with Crippen molar-refractivity contribution in [2.75, 3.05) is 26.2 Å². The van der Waals surface area contributed by atoms with Gasteiger partial charge in [-0.05, 0) is 34.5 Å². The van der Waals surface area contributed by atoms with Crippen LogP contribution in [-0.4, -0.2) is 51.9 Å². The highest BCUT2D eigenvalue weighted by Gasteiger charge is 2.21. The van der Waals surface area contributed by atoms with Crippen molar-refractivity contribution in [3.05, 3.63) is 45.1 Å². The summed E-state index contributed by atoms with van der Waals surface area (Å²) in [4.78, 5) is 25.4. The van der Waals surface area contributed by atoms with Gasteiger partial charge in [0.25, 0.3) is 5.91 Å². The van der Waals surface area contributed by atoms with E-state index in [2.05, 4.69) is 30.8 Å². The molecule has 0 aromatic carbocycles. The van der Waals surface area contributed by atoms with E-state index < -0.39 is 0 Å². The minimum absolute atomic E-state index is 0.0115. The van der Waals surface area contributed by atoms with Gasteiger partial charge in [-0.15, -0.1) is 11.3 Å². The van der Waals surface area contributed by atoms with Gasteiger partial charge in [-0.2, -0.15) is 0 Å². The van der Waals surface area contributed by atoms with Crippen LogP contribution < -0.4 is 0 Å². The summed E-state index contributed by atoms with van der Waals surface area (Å²) in [5, 5.41) is 3.13. The fourth-order valence-corrected chi connectivity index (χ4v) is 3.55. The first-order valence-electron chi connectivity index (χ1n) is 7.25. The van der Waals surface area contributed by atoms with Gasteiger partial charge in [0.05, 0.1) is 6.54 Å². The van der Waals surface area contributed by atoms with E-state index in [9.17, 15) is 4.79 Å². The smallest absolute Gasteiger partial charge is 0.272 e. The SMILES string of the molecule is O=C(c1cccc(Br)n1)N1CCCN(Cc2nccs2)CC1. The average Bonchev–Trinajstić information content (AvgIpc) is 2.91. The van der Waals surface area contributed by atoms with Crippen molar-refractivity contribution in [2.45, 2.75) is 13.0 Å². The highest BCUT2D eigenvalue weighted by molar-refractivity contribution is 9.10. The molecule has 1 aliphatic heterocycles. The van der Waals surface area contributed by atoms with E-state index in [1.54, 1.807) is 17.4 Å². The number of hydrogen-bond acceptors (Lipinski definition) is 5. The van der Waals surface area contributed by atoms with Gasteiger partial charge in [-0.3, -0.25) is 9.69 Å². The number of nitrogens with zero attached hydrogens (tertiary/aromatic N) is 4. The van der Waals surface area contributed by atoms with Gasteiger partial charge in [0.1, 0.15) is 15.3 Å². The first kappa shape index (κ1) is 15.6. The van der Waals surface area contributed by atoms with Crippen LogP contribution in [0.3, 0.4) is 0 Å². The van der Waals surface area contributed by atoms with E-state index in [-0.39, 0.29) is 5.91 Å². The lowest BCUT2D eigenvalue weighted by molar-refractivity contribution is 0.0755. The molecule has 2 aromatic rings. The third-order valence-electron chi connectivity index (χ3n) is 3.65. The maximum Gasteiger partial charge on any atom is 0.272 e. The maximum atomic E-state index is 12.5. The summed E-state index contributed by atoms with van der Waals surface area (Å²) in [6.07, 6.45) is 2.82. The molecule has 2 aromatic heterocycles. The van der Waals surface area contributed by atoms with E-state index in [1.807, 2.05) is 28.6 Å². The molecule has 7 heteroatoms. The largest absolute Gasteiger partial charge is 0.336 e. The minimum Gasteiger partial charge on any atom is -0.336 e. The minimum atomic E-state index is 0.0115. The second-order valence-electron chi connectivity index (χ2n) is 5.19. The second kappa shape index (κ2) is 7.30. The topological polar surface area (TPSA) is 49.3 Å². The van der Waals surface area contributed by atoms with Crippen molar-refractivity contribution >= 4 is 33.2 Å². The molecule has 0 radical (unpaired) electrons. The van der Waals surface area contributed by atoms with E-state index in [1.165, 1.54) is 0 Å². The predicted octanol–water partition coefficient (Wildman–Crippen LogP) is 2.65. The molecule has 3 heterocycles. The Morgan fingerprint density at radius 1 is 1.27 bits per heavy atom. The molecule has 5 nitrogen and oxygen atoms in total. The van der Waals surface area contributed by atoms with Crippen molar-refractivity contribution in [3.8, 4) is 0 Å². The Morgan fingerprint density at radius 2 is 2.18 bits per heavy atom. The Balaban J connectivity index is 1.61. The van der Waals surface area contributed by atoms with E-state index in [0.717, 1.165) is 44.2 Å². The molecule has 116 valence electrons. The summed E-state index contributed by atoms with van der Waals surface area (Å²) < 4.78 is 0.693. The molecular formula is C15H17BrN4OS. The molecule has 0 spiro atoms. The monoisotopic (exact) mass is 380 g/mol. The molecule has 1 aliphatic rings. The quantitative estimate of drug-likeness (QED) is 0.768. The van der Waals surface area contributed by atoms with E-state index in [0.29, 0.717) is 10.3 Å². The number of pyridine rings is 1. The van der Waals surface area contributed by atoms with Gasteiger partial charge >= 0.3 is 0 Å². The van der Waals surface area contributed by atoms with Crippen LogP contribution in [0.4, 0.5) is 0 Å². The molecule has 1 fully saturated rings. The first-order chi connectivity index (χ1) is 10.7.